The summed E-state index contributed by atoms with van der Waals surface area (Å²) in [5.41, 5.74) is 3.66. The van der Waals surface area contributed by atoms with E-state index in [-0.39, 0.29) is 18.0 Å². The van der Waals surface area contributed by atoms with Gasteiger partial charge in [-0.3, -0.25) is 0 Å². The molecule has 0 saturated carbocycles. The van der Waals surface area contributed by atoms with Gasteiger partial charge in [0.2, 0.25) is 10.0 Å². The van der Waals surface area contributed by atoms with Crippen LogP contribution < -0.4 is 4.72 Å². The number of rotatable bonds is 6. The van der Waals surface area contributed by atoms with E-state index in [1.54, 1.807) is 23.0 Å². The molecule has 0 radical (unpaired) electrons. The average molecular weight is 312 g/mol. The molecule has 1 aromatic heterocycles. The van der Waals surface area contributed by atoms with Crippen molar-refractivity contribution in [1.29, 1.82) is 0 Å². The lowest BCUT2D eigenvalue weighted by Gasteiger charge is -2.11. The fourth-order valence-electron chi connectivity index (χ4n) is 1.81. The number of hydrogen-bond donors (Lipinski definition) is 2. The van der Waals surface area contributed by atoms with E-state index in [9.17, 15) is 8.42 Å². The van der Waals surface area contributed by atoms with Gasteiger partial charge in [0.15, 0.2) is 0 Å². The maximum absolute atomic E-state index is 12.4. The van der Waals surface area contributed by atoms with Crippen molar-refractivity contribution >= 4 is 21.4 Å². The maximum Gasteiger partial charge on any atom is 0.241 e. The zero-order valence-electron chi connectivity index (χ0n) is 11.0. The highest BCUT2D eigenvalue weighted by Gasteiger charge is 2.18. The summed E-state index contributed by atoms with van der Waals surface area (Å²) >= 11 is 1.42. The van der Waals surface area contributed by atoms with E-state index in [4.69, 9.17) is 5.11 Å². The number of thiazole rings is 1. The van der Waals surface area contributed by atoms with Crippen molar-refractivity contribution in [1.82, 2.24) is 9.71 Å². The molecule has 0 bridgehead atoms. The molecule has 0 aliphatic rings. The van der Waals surface area contributed by atoms with Crippen molar-refractivity contribution in [3.8, 4) is 0 Å². The molecule has 7 heteroatoms. The van der Waals surface area contributed by atoms with Gasteiger partial charge in [0.25, 0.3) is 0 Å². The third kappa shape index (κ3) is 3.43. The van der Waals surface area contributed by atoms with Crippen LogP contribution in [-0.2, 0) is 29.6 Å². The Morgan fingerprint density at radius 3 is 2.80 bits per heavy atom. The van der Waals surface area contributed by atoms with Crippen molar-refractivity contribution in [2.24, 2.45) is 0 Å². The fourth-order valence-corrected chi connectivity index (χ4v) is 3.73. The van der Waals surface area contributed by atoms with Crippen LogP contribution in [0.15, 0.2) is 34.0 Å². The first kappa shape index (κ1) is 15.1. The molecule has 0 aliphatic carbocycles. The summed E-state index contributed by atoms with van der Waals surface area (Å²) < 4.78 is 27.3. The second-order valence-corrected chi connectivity index (χ2v) is 6.71. The fraction of sp³-hybridized carbons (Fsp3) is 0.308. The van der Waals surface area contributed by atoms with Crippen LogP contribution in [0.4, 0.5) is 0 Å². The standard InChI is InChI=1S/C13H16N2O3S2/c1-2-11-4-3-10(7-16)5-13(11)20(17,18)15-6-12-8-19-9-14-12/h3-5,8-9,15-16H,2,6-7H2,1H3. The summed E-state index contributed by atoms with van der Waals surface area (Å²) in [5.74, 6) is 0. The van der Waals surface area contributed by atoms with Gasteiger partial charge in [-0.1, -0.05) is 19.1 Å². The normalized spacial score (nSPS) is 11.7. The first-order valence-electron chi connectivity index (χ1n) is 6.16. The molecular formula is C13H16N2O3S2. The minimum absolute atomic E-state index is 0.165. The van der Waals surface area contributed by atoms with Crippen molar-refractivity contribution in [2.45, 2.75) is 31.4 Å². The number of nitrogens with one attached hydrogen (secondary N) is 1. The molecule has 0 atom stereocenters. The molecule has 1 heterocycles. The predicted molar refractivity (Wildman–Crippen MR) is 77.9 cm³/mol. The smallest absolute Gasteiger partial charge is 0.241 e. The Morgan fingerprint density at radius 1 is 1.40 bits per heavy atom. The summed E-state index contributed by atoms with van der Waals surface area (Å²) in [7, 11) is -3.61. The molecule has 0 aliphatic heterocycles. The highest BCUT2D eigenvalue weighted by Crippen LogP contribution is 2.19. The zero-order valence-corrected chi connectivity index (χ0v) is 12.7. The molecule has 2 N–H and O–H groups in total. The molecule has 20 heavy (non-hydrogen) atoms. The SMILES string of the molecule is CCc1ccc(CO)cc1S(=O)(=O)NCc1cscn1. The van der Waals surface area contributed by atoms with Crippen molar-refractivity contribution in [2.75, 3.05) is 0 Å². The van der Waals surface area contributed by atoms with Gasteiger partial charge < -0.3 is 5.11 Å². The molecule has 2 aromatic rings. The number of sulfonamides is 1. The van der Waals surface area contributed by atoms with Crippen molar-refractivity contribution in [3.05, 3.63) is 45.9 Å². The van der Waals surface area contributed by atoms with Crippen LogP contribution >= 0.6 is 11.3 Å². The number of nitrogens with zero attached hydrogens (tertiary/aromatic N) is 1. The highest BCUT2D eigenvalue weighted by molar-refractivity contribution is 7.89. The van der Waals surface area contributed by atoms with Crippen LogP contribution in [-0.4, -0.2) is 18.5 Å². The molecule has 5 nitrogen and oxygen atoms in total. The van der Waals surface area contributed by atoms with Crippen molar-refractivity contribution < 1.29 is 13.5 Å². The predicted octanol–water partition coefficient (Wildman–Crippen LogP) is 1.68. The van der Waals surface area contributed by atoms with E-state index >= 15 is 0 Å². The quantitative estimate of drug-likeness (QED) is 0.850. The van der Waals surface area contributed by atoms with Gasteiger partial charge in [-0.2, -0.15) is 0 Å². The molecule has 1 aromatic carbocycles. The van der Waals surface area contributed by atoms with E-state index in [0.29, 0.717) is 17.7 Å². The summed E-state index contributed by atoms with van der Waals surface area (Å²) in [6.45, 7) is 1.88. The lowest BCUT2D eigenvalue weighted by molar-refractivity contribution is 0.281. The van der Waals surface area contributed by atoms with E-state index in [0.717, 1.165) is 5.56 Å². The van der Waals surface area contributed by atoms with Crippen LogP contribution in [0.2, 0.25) is 0 Å². The van der Waals surface area contributed by atoms with E-state index in [1.807, 2.05) is 6.92 Å². The van der Waals surface area contributed by atoms with Gasteiger partial charge in [0.05, 0.1) is 29.3 Å². The summed E-state index contributed by atoms with van der Waals surface area (Å²) in [5, 5.41) is 10.9. The molecular weight excluding hydrogens is 296 g/mol. The first-order chi connectivity index (χ1) is 9.56. The summed E-state index contributed by atoms with van der Waals surface area (Å²) in [4.78, 5) is 4.26. The van der Waals surface area contributed by atoms with E-state index in [2.05, 4.69) is 9.71 Å². The number of aromatic nitrogens is 1. The molecule has 0 fully saturated rings. The van der Waals surface area contributed by atoms with Gasteiger partial charge in [-0.05, 0) is 23.6 Å². The lowest BCUT2D eigenvalue weighted by Crippen LogP contribution is -2.24. The van der Waals surface area contributed by atoms with Crippen LogP contribution in [0.1, 0.15) is 23.7 Å². The number of aryl methyl sites for hydroxylation is 1. The van der Waals surface area contributed by atoms with Gasteiger partial charge in [0, 0.05) is 5.38 Å². The molecule has 108 valence electrons. The second kappa shape index (κ2) is 6.45. The number of benzene rings is 1. The Kier molecular flexibility index (Phi) is 4.87. The molecule has 0 saturated heterocycles. The Morgan fingerprint density at radius 2 is 2.20 bits per heavy atom. The molecule has 2 rings (SSSR count). The van der Waals surface area contributed by atoms with Gasteiger partial charge >= 0.3 is 0 Å². The number of aliphatic hydroxyl groups excluding tert-OH is 1. The molecule has 0 spiro atoms. The largest absolute Gasteiger partial charge is 0.392 e. The third-order valence-corrected chi connectivity index (χ3v) is 5.03. The summed E-state index contributed by atoms with van der Waals surface area (Å²) in [6.07, 6.45) is 0.610. The second-order valence-electron chi connectivity index (χ2n) is 4.26. The number of hydrogen-bond acceptors (Lipinski definition) is 5. The Labute approximate surface area is 122 Å². The van der Waals surface area contributed by atoms with Crippen LogP contribution in [0.25, 0.3) is 0 Å². The average Bonchev–Trinajstić information content (AvgIpc) is 2.98. The number of aliphatic hydroxyl groups is 1. The Balaban J connectivity index is 2.28. The molecule has 0 unspecified atom stereocenters. The summed E-state index contributed by atoms with van der Waals surface area (Å²) in [6, 6.07) is 4.99. The minimum Gasteiger partial charge on any atom is -0.392 e. The third-order valence-electron chi connectivity index (χ3n) is 2.91. The van der Waals surface area contributed by atoms with Gasteiger partial charge in [-0.25, -0.2) is 18.1 Å². The topological polar surface area (TPSA) is 79.3 Å². The maximum atomic E-state index is 12.4. The zero-order chi connectivity index (χ0) is 14.6. The highest BCUT2D eigenvalue weighted by atomic mass is 32.2. The van der Waals surface area contributed by atoms with Crippen LogP contribution in [0, 0.1) is 0 Å². The van der Waals surface area contributed by atoms with Crippen LogP contribution in [0.5, 0.6) is 0 Å². The Hall–Kier alpha value is -1.28. The monoisotopic (exact) mass is 312 g/mol. The minimum atomic E-state index is -3.61. The molecule has 0 amide bonds. The lowest BCUT2D eigenvalue weighted by atomic mass is 10.1. The Bertz CT molecular complexity index is 667. The van der Waals surface area contributed by atoms with Gasteiger partial charge in [0.1, 0.15) is 0 Å². The van der Waals surface area contributed by atoms with Crippen molar-refractivity contribution in [3.63, 3.8) is 0 Å². The van der Waals surface area contributed by atoms with Crippen LogP contribution in [0.3, 0.4) is 0 Å². The first-order valence-corrected chi connectivity index (χ1v) is 8.59. The van der Waals surface area contributed by atoms with Gasteiger partial charge in [-0.15, -0.1) is 11.3 Å². The van der Waals surface area contributed by atoms with E-state index in [1.165, 1.54) is 17.4 Å². The van der Waals surface area contributed by atoms with E-state index < -0.39 is 10.0 Å².